The molecule has 35 heavy (non-hydrogen) atoms. The Morgan fingerprint density at radius 3 is 2.11 bits per heavy atom. The molecule has 3 aliphatic rings. The van der Waals surface area contributed by atoms with Gasteiger partial charge in [-0.15, -0.1) is 0 Å². The second kappa shape index (κ2) is 9.07. The molecule has 0 aliphatic carbocycles. The molecule has 1 fully saturated rings. The number of benzene rings is 3. The lowest BCUT2D eigenvalue weighted by atomic mass is 10.1. The molecule has 0 aromatic heterocycles. The average Bonchev–Trinajstić information content (AvgIpc) is 3.42. The Balaban J connectivity index is 1.24. The van der Waals surface area contributed by atoms with Crippen LogP contribution >= 0.6 is 11.8 Å². The minimum absolute atomic E-state index is 0.142. The summed E-state index contributed by atoms with van der Waals surface area (Å²) in [7, 11) is 0. The molecule has 3 aromatic carbocycles. The molecule has 0 spiro atoms. The van der Waals surface area contributed by atoms with Crippen molar-refractivity contribution in [3.63, 3.8) is 0 Å². The monoisotopic (exact) mass is 480 g/mol. The maximum Gasteiger partial charge on any atom is 0.287 e. The highest BCUT2D eigenvalue weighted by Crippen LogP contribution is 2.44. The predicted molar refractivity (Wildman–Crippen MR) is 141 cm³/mol. The van der Waals surface area contributed by atoms with Gasteiger partial charge in [0.1, 0.15) is 0 Å². The molecule has 3 aliphatic heterocycles. The van der Waals surface area contributed by atoms with Gasteiger partial charge in [-0.1, -0.05) is 66.7 Å². The van der Waals surface area contributed by atoms with Crippen LogP contribution in [0.25, 0.3) is 5.57 Å². The predicted octanol–water partition coefficient (Wildman–Crippen LogP) is 4.40. The van der Waals surface area contributed by atoms with Crippen LogP contribution in [0.4, 0.5) is 11.4 Å². The maximum atomic E-state index is 13.6. The number of hydrogen-bond acceptors (Lipinski definition) is 5. The summed E-state index contributed by atoms with van der Waals surface area (Å²) in [5.41, 5.74) is 4.35. The fourth-order valence-corrected chi connectivity index (χ4v) is 5.86. The number of rotatable bonds is 3. The molecule has 0 atom stereocenters. The van der Waals surface area contributed by atoms with E-state index in [1.54, 1.807) is 4.90 Å². The second-order valence-electron chi connectivity index (χ2n) is 8.71. The van der Waals surface area contributed by atoms with E-state index in [4.69, 9.17) is 0 Å². The Bertz CT molecular complexity index is 1350. The summed E-state index contributed by atoms with van der Waals surface area (Å²) in [6.07, 6.45) is 0. The van der Waals surface area contributed by atoms with Crippen molar-refractivity contribution in [1.82, 2.24) is 4.90 Å². The number of nitrogens with zero attached hydrogens (tertiary/aromatic N) is 4. The van der Waals surface area contributed by atoms with Crippen LogP contribution in [-0.2, 0) is 16.1 Å². The van der Waals surface area contributed by atoms with E-state index in [0.29, 0.717) is 22.2 Å². The topological polar surface area (TPSA) is 56.2 Å². The van der Waals surface area contributed by atoms with Crippen molar-refractivity contribution in [2.75, 3.05) is 36.0 Å². The van der Waals surface area contributed by atoms with Gasteiger partial charge in [0.25, 0.3) is 11.8 Å². The van der Waals surface area contributed by atoms with E-state index in [1.165, 1.54) is 17.4 Å². The van der Waals surface area contributed by atoms with Gasteiger partial charge in [0.15, 0.2) is 5.17 Å². The number of anilines is 2. The van der Waals surface area contributed by atoms with Crippen molar-refractivity contribution < 1.29 is 9.59 Å². The van der Waals surface area contributed by atoms with E-state index in [2.05, 4.69) is 26.9 Å². The number of thioether (sulfide) groups is 1. The second-order valence-corrected chi connectivity index (χ2v) is 9.69. The van der Waals surface area contributed by atoms with Gasteiger partial charge in [-0.3, -0.25) is 9.59 Å². The fraction of sp³-hybridized carbons (Fsp3) is 0.179. The van der Waals surface area contributed by atoms with Crippen molar-refractivity contribution in [3.8, 4) is 0 Å². The zero-order chi connectivity index (χ0) is 23.8. The lowest BCUT2D eigenvalue weighted by Crippen LogP contribution is -2.47. The molecule has 0 unspecified atom stereocenters. The van der Waals surface area contributed by atoms with Crippen LogP contribution in [0.2, 0.25) is 0 Å². The quantitative estimate of drug-likeness (QED) is 0.521. The van der Waals surface area contributed by atoms with Crippen molar-refractivity contribution >= 4 is 45.7 Å². The lowest BCUT2D eigenvalue weighted by molar-refractivity contribution is -0.115. The van der Waals surface area contributed by atoms with Crippen molar-refractivity contribution in [1.29, 1.82) is 0 Å². The molecule has 7 heteroatoms. The number of amidine groups is 1. The highest BCUT2D eigenvalue weighted by molar-refractivity contribution is 8.18. The van der Waals surface area contributed by atoms with E-state index in [1.807, 2.05) is 72.8 Å². The molecule has 0 bridgehead atoms. The number of para-hydroxylation sites is 2. The van der Waals surface area contributed by atoms with E-state index >= 15 is 0 Å². The van der Waals surface area contributed by atoms with Crippen molar-refractivity contribution in [2.24, 2.45) is 4.99 Å². The number of piperazine rings is 1. The summed E-state index contributed by atoms with van der Waals surface area (Å²) in [6, 6.07) is 28.0. The van der Waals surface area contributed by atoms with Gasteiger partial charge in [0, 0.05) is 37.4 Å². The third-order valence-electron chi connectivity index (χ3n) is 6.59. The molecule has 174 valence electrons. The van der Waals surface area contributed by atoms with E-state index < -0.39 is 0 Å². The Labute approximate surface area is 208 Å². The molecule has 1 saturated heterocycles. The minimum atomic E-state index is -0.324. The van der Waals surface area contributed by atoms with Crippen LogP contribution in [0.5, 0.6) is 0 Å². The smallest absolute Gasteiger partial charge is 0.287 e. The number of hydrogen-bond donors (Lipinski definition) is 0. The van der Waals surface area contributed by atoms with E-state index in [0.717, 1.165) is 43.0 Å². The van der Waals surface area contributed by atoms with Crippen molar-refractivity contribution in [2.45, 2.75) is 6.54 Å². The first-order valence-electron chi connectivity index (χ1n) is 11.7. The van der Waals surface area contributed by atoms with Crippen molar-refractivity contribution in [3.05, 3.63) is 101 Å². The molecule has 3 aromatic rings. The number of carbonyl (C=O) groups is 2. The van der Waals surface area contributed by atoms with E-state index in [-0.39, 0.29) is 11.8 Å². The summed E-state index contributed by atoms with van der Waals surface area (Å²) in [4.78, 5) is 37.7. The number of carbonyl (C=O) groups excluding carboxylic acids is 2. The highest BCUT2D eigenvalue weighted by atomic mass is 32.2. The van der Waals surface area contributed by atoms with Gasteiger partial charge in [0.2, 0.25) is 0 Å². The molecular weight excluding hydrogens is 456 g/mol. The largest absolute Gasteiger partial charge is 0.368 e. The fourth-order valence-electron chi connectivity index (χ4n) is 4.81. The number of aliphatic imine (C=N–C) groups is 1. The van der Waals surface area contributed by atoms with Gasteiger partial charge in [-0.25, -0.2) is 0 Å². The van der Waals surface area contributed by atoms with Crippen LogP contribution in [-0.4, -0.2) is 48.1 Å². The molecule has 3 heterocycles. The van der Waals surface area contributed by atoms with Crippen LogP contribution in [0.1, 0.15) is 11.1 Å². The van der Waals surface area contributed by atoms with Gasteiger partial charge in [-0.05, 0) is 35.5 Å². The molecule has 2 amide bonds. The molecule has 0 saturated carbocycles. The first-order valence-corrected chi connectivity index (χ1v) is 12.6. The Hall–Kier alpha value is -3.84. The highest BCUT2D eigenvalue weighted by Gasteiger charge is 2.39. The SMILES string of the molecule is O=C1N=C(N2CCN(c3ccccc3)CC2)S/C1=C1\C(=O)N(Cc2ccccc2)c2ccccc21. The summed E-state index contributed by atoms with van der Waals surface area (Å²) in [5, 5.41) is 0.692. The molecule has 0 radical (unpaired) electrons. The molecule has 0 N–H and O–H groups in total. The number of fused-ring (bicyclic) bond motifs is 1. The average molecular weight is 481 g/mol. The minimum Gasteiger partial charge on any atom is -0.368 e. The van der Waals surface area contributed by atoms with Gasteiger partial charge in [-0.2, -0.15) is 4.99 Å². The summed E-state index contributed by atoms with van der Waals surface area (Å²) in [5.74, 6) is -0.466. The standard InChI is InChI=1S/C28H24N4O2S/c33-26-25(35-28(29-26)31-17-15-30(16-18-31)21-11-5-2-6-12-21)24-22-13-7-8-14-23(22)32(27(24)34)19-20-9-3-1-4-10-20/h1-14H,15-19H2/b25-24-. The van der Waals surface area contributed by atoms with Gasteiger partial charge >= 0.3 is 0 Å². The zero-order valence-corrected chi connectivity index (χ0v) is 19.9. The van der Waals surface area contributed by atoms with Gasteiger partial charge < -0.3 is 14.7 Å². The third kappa shape index (κ3) is 4.02. The Kier molecular flexibility index (Phi) is 5.62. The maximum absolute atomic E-state index is 13.6. The van der Waals surface area contributed by atoms with Gasteiger partial charge in [0.05, 0.1) is 22.7 Å². The third-order valence-corrected chi connectivity index (χ3v) is 7.71. The molecule has 6 nitrogen and oxygen atoms in total. The van der Waals surface area contributed by atoms with Crippen LogP contribution < -0.4 is 9.80 Å². The van der Waals surface area contributed by atoms with Crippen LogP contribution in [0, 0.1) is 0 Å². The van der Waals surface area contributed by atoms with Crippen LogP contribution in [0.15, 0.2) is 94.8 Å². The molecular formula is C28H24N4O2S. The summed E-state index contributed by atoms with van der Waals surface area (Å²) < 4.78 is 0. The summed E-state index contributed by atoms with van der Waals surface area (Å²) in [6.45, 7) is 3.73. The molecule has 6 rings (SSSR count). The lowest BCUT2D eigenvalue weighted by Gasteiger charge is -2.36. The number of amides is 2. The summed E-state index contributed by atoms with van der Waals surface area (Å²) >= 11 is 1.34. The first kappa shape index (κ1) is 21.7. The first-order chi connectivity index (χ1) is 17.2. The Morgan fingerprint density at radius 1 is 0.743 bits per heavy atom. The normalized spacial score (nSPS) is 19.9. The van der Waals surface area contributed by atoms with Crippen LogP contribution in [0.3, 0.4) is 0 Å². The zero-order valence-electron chi connectivity index (χ0n) is 19.1. The Morgan fingerprint density at radius 2 is 1.37 bits per heavy atom. The van der Waals surface area contributed by atoms with E-state index in [9.17, 15) is 9.59 Å².